The fraction of sp³-hybridized carbons (Fsp3) is 0.273. The molecule has 1 unspecified atom stereocenters. The summed E-state index contributed by atoms with van der Waals surface area (Å²) in [6.45, 7) is 0. The summed E-state index contributed by atoms with van der Waals surface area (Å²) in [5, 5.41) is 0. The van der Waals surface area contributed by atoms with Crippen molar-refractivity contribution in [2.75, 3.05) is 14.2 Å². The number of methoxy groups -OCH3 is 2. The van der Waals surface area contributed by atoms with Crippen LogP contribution < -0.4 is 20.7 Å². The predicted molar refractivity (Wildman–Crippen MR) is 58.4 cm³/mol. The monoisotopic (exact) mass is 206 g/mol. The van der Waals surface area contributed by atoms with E-state index in [1.165, 1.54) is 0 Å². The van der Waals surface area contributed by atoms with E-state index in [1.54, 1.807) is 32.4 Å². The fourth-order valence-corrected chi connectivity index (χ4v) is 1.29. The fourth-order valence-electron chi connectivity index (χ4n) is 1.29. The molecule has 80 valence electrons. The van der Waals surface area contributed by atoms with E-state index >= 15 is 0 Å². The number of ether oxygens (including phenoxy) is 2. The van der Waals surface area contributed by atoms with Gasteiger partial charge in [-0.15, -0.1) is 6.42 Å². The van der Waals surface area contributed by atoms with E-state index in [1.807, 2.05) is 0 Å². The third-order valence-electron chi connectivity index (χ3n) is 2.08. The van der Waals surface area contributed by atoms with Crippen molar-refractivity contribution in [2.45, 2.75) is 6.04 Å². The molecule has 3 N–H and O–H groups in total. The Labute approximate surface area is 89.3 Å². The van der Waals surface area contributed by atoms with Crippen LogP contribution >= 0.6 is 0 Å². The first-order chi connectivity index (χ1) is 7.26. The molecule has 1 rings (SSSR count). The number of rotatable bonds is 4. The van der Waals surface area contributed by atoms with Crippen LogP contribution in [0.25, 0.3) is 0 Å². The maximum absolute atomic E-state index is 5.34. The molecule has 0 heterocycles. The van der Waals surface area contributed by atoms with Gasteiger partial charge in [0.2, 0.25) is 0 Å². The molecule has 4 heteroatoms. The Morgan fingerprint density at radius 3 is 2.60 bits per heavy atom. The molecule has 0 saturated carbocycles. The van der Waals surface area contributed by atoms with Crippen molar-refractivity contribution in [2.24, 2.45) is 5.84 Å². The van der Waals surface area contributed by atoms with E-state index < -0.39 is 6.04 Å². The number of nitrogens with two attached hydrogens (primary N) is 1. The van der Waals surface area contributed by atoms with Crippen LogP contribution in [0.1, 0.15) is 11.6 Å². The van der Waals surface area contributed by atoms with Gasteiger partial charge >= 0.3 is 0 Å². The molecule has 0 amide bonds. The van der Waals surface area contributed by atoms with Crippen LogP contribution in [0.5, 0.6) is 11.5 Å². The molecule has 0 fully saturated rings. The van der Waals surface area contributed by atoms with Gasteiger partial charge in [-0.2, -0.15) is 0 Å². The highest BCUT2D eigenvalue weighted by molar-refractivity contribution is 5.44. The summed E-state index contributed by atoms with van der Waals surface area (Å²) < 4.78 is 10.3. The highest BCUT2D eigenvalue weighted by Crippen LogP contribution is 2.28. The number of hydrogen-bond donors (Lipinski definition) is 2. The quantitative estimate of drug-likeness (QED) is 0.435. The molecular weight excluding hydrogens is 192 g/mol. The summed E-state index contributed by atoms with van der Waals surface area (Å²) in [5.74, 6) is 9.25. The van der Waals surface area contributed by atoms with Crippen molar-refractivity contribution < 1.29 is 9.47 Å². The zero-order valence-electron chi connectivity index (χ0n) is 8.78. The standard InChI is InChI=1S/C11H14N2O2/c1-4-10(13-12)9-7-8(14-2)5-6-11(9)15-3/h1,5-7,10,13H,12H2,2-3H3. The molecule has 15 heavy (non-hydrogen) atoms. The van der Waals surface area contributed by atoms with E-state index in [0.717, 1.165) is 5.56 Å². The Morgan fingerprint density at radius 2 is 2.13 bits per heavy atom. The van der Waals surface area contributed by atoms with Crippen LogP contribution in [-0.4, -0.2) is 14.2 Å². The topological polar surface area (TPSA) is 56.5 Å². The van der Waals surface area contributed by atoms with E-state index in [0.29, 0.717) is 11.5 Å². The zero-order valence-corrected chi connectivity index (χ0v) is 8.78. The van der Waals surface area contributed by atoms with Crippen molar-refractivity contribution in [1.29, 1.82) is 0 Å². The lowest BCUT2D eigenvalue weighted by Crippen LogP contribution is -2.27. The number of hydrogen-bond acceptors (Lipinski definition) is 4. The first-order valence-electron chi connectivity index (χ1n) is 4.41. The molecule has 0 radical (unpaired) electrons. The highest BCUT2D eigenvalue weighted by Gasteiger charge is 2.13. The predicted octanol–water partition coefficient (Wildman–Crippen LogP) is 0.841. The summed E-state index contributed by atoms with van der Waals surface area (Å²) in [6.07, 6.45) is 5.34. The van der Waals surface area contributed by atoms with Crippen molar-refractivity contribution in [1.82, 2.24) is 5.43 Å². The molecule has 0 aromatic heterocycles. The average molecular weight is 206 g/mol. The van der Waals surface area contributed by atoms with Gasteiger partial charge in [0, 0.05) is 5.56 Å². The lowest BCUT2D eigenvalue weighted by Gasteiger charge is -2.14. The van der Waals surface area contributed by atoms with Crippen LogP contribution in [0.4, 0.5) is 0 Å². The summed E-state index contributed by atoms with van der Waals surface area (Å²) in [6, 6.07) is 4.99. The molecule has 0 spiro atoms. The minimum Gasteiger partial charge on any atom is -0.497 e. The number of nitrogens with one attached hydrogen (secondary N) is 1. The van der Waals surface area contributed by atoms with E-state index in [9.17, 15) is 0 Å². The second-order valence-corrected chi connectivity index (χ2v) is 2.87. The maximum Gasteiger partial charge on any atom is 0.124 e. The molecule has 1 aromatic carbocycles. The van der Waals surface area contributed by atoms with Crippen molar-refractivity contribution in [3.8, 4) is 23.8 Å². The van der Waals surface area contributed by atoms with Crippen LogP contribution in [-0.2, 0) is 0 Å². The largest absolute Gasteiger partial charge is 0.497 e. The lowest BCUT2D eigenvalue weighted by molar-refractivity contribution is 0.395. The van der Waals surface area contributed by atoms with Gasteiger partial charge in [0.15, 0.2) is 0 Å². The van der Waals surface area contributed by atoms with Gasteiger partial charge in [0.05, 0.1) is 14.2 Å². The molecule has 0 aliphatic carbocycles. The van der Waals surface area contributed by atoms with Gasteiger partial charge in [-0.3, -0.25) is 5.84 Å². The SMILES string of the molecule is C#CC(NN)c1cc(OC)ccc1OC. The van der Waals surface area contributed by atoms with Crippen molar-refractivity contribution in [3.63, 3.8) is 0 Å². The molecule has 0 bridgehead atoms. The van der Waals surface area contributed by atoms with Gasteiger partial charge in [0.25, 0.3) is 0 Å². The third-order valence-corrected chi connectivity index (χ3v) is 2.08. The lowest BCUT2D eigenvalue weighted by atomic mass is 10.1. The summed E-state index contributed by atoms with van der Waals surface area (Å²) >= 11 is 0. The second-order valence-electron chi connectivity index (χ2n) is 2.87. The van der Waals surface area contributed by atoms with Crippen LogP contribution in [0.2, 0.25) is 0 Å². The Balaban J connectivity index is 3.17. The van der Waals surface area contributed by atoms with Gasteiger partial charge in [-0.25, -0.2) is 5.43 Å². The highest BCUT2D eigenvalue weighted by atomic mass is 16.5. The first-order valence-corrected chi connectivity index (χ1v) is 4.41. The normalized spacial score (nSPS) is 11.6. The molecule has 1 aromatic rings. The van der Waals surface area contributed by atoms with Gasteiger partial charge in [-0.05, 0) is 18.2 Å². The van der Waals surface area contributed by atoms with Crippen LogP contribution in [0.3, 0.4) is 0 Å². The minimum atomic E-state index is -0.393. The zero-order chi connectivity index (χ0) is 11.3. The molecule has 0 saturated heterocycles. The van der Waals surface area contributed by atoms with Crippen molar-refractivity contribution in [3.05, 3.63) is 23.8 Å². The van der Waals surface area contributed by atoms with Gasteiger partial charge < -0.3 is 9.47 Å². The molecule has 0 aliphatic heterocycles. The van der Waals surface area contributed by atoms with E-state index in [4.69, 9.17) is 21.7 Å². The van der Waals surface area contributed by atoms with Crippen LogP contribution in [0, 0.1) is 12.3 Å². The second kappa shape index (κ2) is 5.25. The Kier molecular flexibility index (Phi) is 3.98. The summed E-state index contributed by atoms with van der Waals surface area (Å²) in [7, 11) is 3.17. The number of terminal acetylenes is 1. The van der Waals surface area contributed by atoms with E-state index in [-0.39, 0.29) is 0 Å². The molecule has 4 nitrogen and oxygen atoms in total. The van der Waals surface area contributed by atoms with Crippen LogP contribution in [0.15, 0.2) is 18.2 Å². The molecule has 1 atom stereocenters. The number of hydrazine groups is 1. The number of benzene rings is 1. The molecular formula is C11H14N2O2. The summed E-state index contributed by atoms with van der Waals surface area (Å²) in [4.78, 5) is 0. The van der Waals surface area contributed by atoms with E-state index in [2.05, 4.69) is 11.3 Å². The Hall–Kier alpha value is -1.70. The Bertz CT molecular complexity index is 371. The first kappa shape index (κ1) is 11.4. The summed E-state index contributed by atoms with van der Waals surface area (Å²) in [5.41, 5.74) is 3.30. The van der Waals surface area contributed by atoms with Crippen molar-refractivity contribution >= 4 is 0 Å². The Morgan fingerprint density at radius 1 is 1.40 bits per heavy atom. The van der Waals surface area contributed by atoms with Gasteiger partial charge in [0.1, 0.15) is 17.5 Å². The third kappa shape index (κ3) is 2.40. The maximum atomic E-state index is 5.34. The average Bonchev–Trinajstić information content (AvgIpc) is 2.30. The minimum absolute atomic E-state index is 0.393. The smallest absolute Gasteiger partial charge is 0.124 e. The van der Waals surface area contributed by atoms with Gasteiger partial charge in [-0.1, -0.05) is 5.92 Å². The molecule has 0 aliphatic rings.